The Balaban J connectivity index is 1.46. The first-order valence-electron chi connectivity index (χ1n) is 6.78. The van der Waals surface area contributed by atoms with E-state index in [2.05, 4.69) is 15.4 Å². The number of amidine groups is 1. The van der Waals surface area contributed by atoms with Crippen LogP contribution in [0.25, 0.3) is 0 Å². The lowest BCUT2D eigenvalue weighted by Crippen LogP contribution is -2.24. The molecule has 0 radical (unpaired) electrons. The molecule has 1 N–H and O–H groups in total. The smallest absolute Gasteiger partial charge is 0.248 e. The first-order chi connectivity index (χ1) is 10.7. The summed E-state index contributed by atoms with van der Waals surface area (Å²) >= 11 is 2.68. The van der Waals surface area contributed by atoms with Crippen molar-refractivity contribution in [2.45, 2.75) is 19.4 Å². The third kappa shape index (κ3) is 3.92. The van der Waals surface area contributed by atoms with Gasteiger partial charge in [-0.2, -0.15) is 10.1 Å². The number of fused-ring (bicyclic) bond motifs is 1. The molecule has 0 atom stereocenters. The Bertz CT molecular complexity index is 627. The Morgan fingerprint density at radius 3 is 3.27 bits per heavy atom. The maximum absolute atomic E-state index is 11.8. The molecule has 2 aliphatic heterocycles. The highest BCUT2D eigenvalue weighted by molar-refractivity contribution is 8.45. The molecule has 22 heavy (non-hydrogen) atoms. The minimum Gasteiger partial charge on any atom is -0.467 e. The predicted molar refractivity (Wildman–Crippen MR) is 86.4 cm³/mol. The van der Waals surface area contributed by atoms with Crippen molar-refractivity contribution in [2.75, 3.05) is 12.3 Å². The number of thioether (sulfide) groups is 2. The molecule has 3 heterocycles. The molecule has 116 valence electrons. The van der Waals surface area contributed by atoms with E-state index >= 15 is 0 Å². The van der Waals surface area contributed by atoms with Crippen LogP contribution in [0, 0.1) is 0 Å². The van der Waals surface area contributed by atoms with Crippen molar-refractivity contribution >= 4 is 44.9 Å². The van der Waals surface area contributed by atoms with Crippen LogP contribution in [0.2, 0.25) is 0 Å². The second-order valence-corrected chi connectivity index (χ2v) is 6.81. The van der Waals surface area contributed by atoms with Crippen LogP contribution in [0.5, 0.6) is 0 Å². The number of hydrogen-bond acceptors (Lipinski definition) is 7. The zero-order valence-corrected chi connectivity index (χ0v) is 13.3. The Hall–Kier alpha value is -1.74. The number of nitrogens with zero attached hydrogens (tertiary/aromatic N) is 3. The van der Waals surface area contributed by atoms with Gasteiger partial charge in [-0.3, -0.25) is 9.59 Å². The SMILES string of the molecule is O=C1CCCN2N=C(SCC(=O)NCc3ccco3)SC2=N1. The molecule has 2 aliphatic rings. The highest BCUT2D eigenvalue weighted by Crippen LogP contribution is 2.29. The summed E-state index contributed by atoms with van der Waals surface area (Å²) in [7, 11) is 0. The molecule has 0 aromatic carbocycles. The van der Waals surface area contributed by atoms with E-state index in [1.807, 2.05) is 0 Å². The lowest BCUT2D eigenvalue weighted by Gasteiger charge is -2.08. The van der Waals surface area contributed by atoms with Crippen LogP contribution >= 0.6 is 23.5 Å². The van der Waals surface area contributed by atoms with Gasteiger partial charge in [0, 0.05) is 13.0 Å². The van der Waals surface area contributed by atoms with E-state index in [-0.39, 0.29) is 17.6 Å². The van der Waals surface area contributed by atoms with Crippen molar-refractivity contribution in [2.24, 2.45) is 10.1 Å². The molecule has 2 amide bonds. The Kier molecular flexibility index (Phi) is 4.84. The number of aliphatic imine (C=N–C) groups is 1. The second kappa shape index (κ2) is 7.01. The Labute approximate surface area is 135 Å². The van der Waals surface area contributed by atoms with Gasteiger partial charge in [-0.25, -0.2) is 5.01 Å². The fourth-order valence-electron chi connectivity index (χ4n) is 1.90. The molecule has 0 saturated carbocycles. The van der Waals surface area contributed by atoms with E-state index < -0.39 is 0 Å². The van der Waals surface area contributed by atoms with Crippen molar-refractivity contribution in [1.82, 2.24) is 10.3 Å². The molecule has 7 nitrogen and oxygen atoms in total. The van der Waals surface area contributed by atoms with Crippen LogP contribution in [0.15, 0.2) is 32.9 Å². The molecule has 0 aliphatic carbocycles. The number of carbonyl (C=O) groups is 2. The first kappa shape index (κ1) is 15.2. The maximum atomic E-state index is 11.8. The summed E-state index contributed by atoms with van der Waals surface area (Å²) in [6.45, 7) is 1.06. The molecule has 0 bridgehead atoms. The lowest BCUT2D eigenvalue weighted by atomic mass is 10.3. The monoisotopic (exact) mass is 338 g/mol. The fourth-order valence-corrected chi connectivity index (χ4v) is 3.73. The molecule has 1 aromatic rings. The normalized spacial score (nSPS) is 17.6. The van der Waals surface area contributed by atoms with E-state index in [0.29, 0.717) is 30.4 Å². The van der Waals surface area contributed by atoms with Crippen LogP contribution in [0.4, 0.5) is 0 Å². The first-order valence-corrected chi connectivity index (χ1v) is 8.58. The van der Waals surface area contributed by atoms with E-state index in [9.17, 15) is 9.59 Å². The van der Waals surface area contributed by atoms with Gasteiger partial charge in [0.2, 0.25) is 11.8 Å². The third-order valence-electron chi connectivity index (χ3n) is 2.95. The van der Waals surface area contributed by atoms with E-state index in [1.54, 1.807) is 23.4 Å². The minimum absolute atomic E-state index is 0.0928. The van der Waals surface area contributed by atoms with Crippen LogP contribution in [-0.4, -0.2) is 38.7 Å². The average molecular weight is 338 g/mol. The topological polar surface area (TPSA) is 87.3 Å². The summed E-state index contributed by atoms with van der Waals surface area (Å²) < 4.78 is 5.88. The summed E-state index contributed by atoms with van der Waals surface area (Å²) in [6, 6.07) is 3.58. The maximum Gasteiger partial charge on any atom is 0.248 e. The third-order valence-corrected chi connectivity index (χ3v) is 5.03. The molecule has 0 fully saturated rings. The summed E-state index contributed by atoms with van der Waals surface area (Å²) in [4.78, 5) is 27.2. The summed E-state index contributed by atoms with van der Waals surface area (Å²) in [6.07, 6.45) is 2.78. The molecule has 1 aromatic heterocycles. The summed E-state index contributed by atoms with van der Waals surface area (Å²) in [5.74, 6) is 0.779. The highest BCUT2D eigenvalue weighted by atomic mass is 32.2. The molecular weight excluding hydrogens is 324 g/mol. The molecule has 0 spiro atoms. The Morgan fingerprint density at radius 2 is 2.45 bits per heavy atom. The quantitative estimate of drug-likeness (QED) is 0.898. The largest absolute Gasteiger partial charge is 0.467 e. The molecule has 9 heteroatoms. The molecule has 0 unspecified atom stereocenters. The highest BCUT2D eigenvalue weighted by Gasteiger charge is 2.26. The second-order valence-electron chi connectivity index (χ2n) is 4.63. The average Bonchev–Trinajstić information content (AvgIpc) is 3.10. The standard InChI is InChI=1S/C13H14N4O3S2/c18-10-4-1-5-17-12(15-10)22-13(16-17)21-8-11(19)14-7-9-3-2-6-20-9/h2-3,6H,1,4-5,7-8H2,(H,14,19). The van der Waals surface area contributed by atoms with Crippen molar-refractivity contribution in [1.29, 1.82) is 0 Å². The molecular formula is C13H14N4O3S2. The minimum atomic E-state index is -0.109. The zero-order valence-electron chi connectivity index (χ0n) is 11.7. The fraction of sp³-hybridized carbons (Fsp3) is 0.385. The number of rotatable bonds is 4. The van der Waals surface area contributed by atoms with E-state index in [1.165, 1.54) is 23.5 Å². The van der Waals surface area contributed by atoms with Crippen molar-refractivity contribution < 1.29 is 14.0 Å². The van der Waals surface area contributed by atoms with Gasteiger partial charge >= 0.3 is 0 Å². The van der Waals surface area contributed by atoms with Gasteiger partial charge in [-0.05, 0) is 30.3 Å². The van der Waals surface area contributed by atoms with Crippen molar-refractivity contribution in [3.05, 3.63) is 24.2 Å². The van der Waals surface area contributed by atoms with Crippen molar-refractivity contribution in [3.8, 4) is 0 Å². The van der Waals surface area contributed by atoms with Gasteiger partial charge in [0.25, 0.3) is 0 Å². The van der Waals surface area contributed by atoms with E-state index in [4.69, 9.17) is 4.42 Å². The van der Waals surface area contributed by atoms with Crippen LogP contribution in [0.3, 0.4) is 0 Å². The summed E-state index contributed by atoms with van der Waals surface area (Å²) in [5, 5.41) is 9.50. The van der Waals surface area contributed by atoms with Crippen LogP contribution < -0.4 is 5.32 Å². The number of hydrogen-bond donors (Lipinski definition) is 1. The lowest BCUT2D eigenvalue weighted by molar-refractivity contribution is -0.119. The van der Waals surface area contributed by atoms with Gasteiger partial charge < -0.3 is 9.73 Å². The van der Waals surface area contributed by atoms with Gasteiger partial charge in [0.05, 0.1) is 18.6 Å². The number of amides is 2. The number of furan rings is 1. The molecule has 0 saturated heterocycles. The van der Waals surface area contributed by atoms with Gasteiger partial charge in [0.15, 0.2) is 9.54 Å². The predicted octanol–water partition coefficient (Wildman–Crippen LogP) is 1.63. The van der Waals surface area contributed by atoms with E-state index in [0.717, 1.165) is 10.8 Å². The zero-order chi connectivity index (χ0) is 15.4. The van der Waals surface area contributed by atoms with Gasteiger partial charge in [-0.1, -0.05) is 11.8 Å². The van der Waals surface area contributed by atoms with Gasteiger partial charge in [-0.15, -0.1) is 0 Å². The number of nitrogens with one attached hydrogen (secondary N) is 1. The Morgan fingerprint density at radius 1 is 1.55 bits per heavy atom. The number of carbonyl (C=O) groups excluding carboxylic acids is 2. The van der Waals surface area contributed by atoms with Crippen molar-refractivity contribution in [3.63, 3.8) is 0 Å². The summed E-state index contributed by atoms with van der Waals surface area (Å²) in [5.41, 5.74) is 0. The van der Waals surface area contributed by atoms with Gasteiger partial charge in [0.1, 0.15) is 5.76 Å². The van der Waals surface area contributed by atoms with Crippen LogP contribution in [0.1, 0.15) is 18.6 Å². The molecule has 3 rings (SSSR count). The van der Waals surface area contributed by atoms with Crippen LogP contribution in [-0.2, 0) is 16.1 Å². The number of hydrazone groups is 1.